The lowest BCUT2D eigenvalue weighted by Crippen LogP contribution is -2.29. The van der Waals surface area contributed by atoms with Gasteiger partial charge in [-0.15, -0.1) is 0 Å². The summed E-state index contributed by atoms with van der Waals surface area (Å²) in [6.07, 6.45) is 0.817. The highest BCUT2D eigenvalue weighted by molar-refractivity contribution is 7.99. The number of thioether (sulfide) groups is 1. The molecular formula is C21H22ClN3O2S. The summed E-state index contributed by atoms with van der Waals surface area (Å²) in [5.74, 6) is 0.198. The number of benzene rings is 2. The molecule has 146 valence electrons. The van der Waals surface area contributed by atoms with Gasteiger partial charge in [0.1, 0.15) is 0 Å². The van der Waals surface area contributed by atoms with Gasteiger partial charge in [-0.2, -0.15) is 0 Å². The standard InChI is InChI=1S/C21H22ClN3O2S/c1-3-12-25-20(27)17-6-4-5-7-18(17)23-21(25)28-14-19(26)24(2)13-15-8-10-16(22)11-9-15/h4-11H,3,12-14H2,1-2H3. The van der Waals surface area contributed by atoms with Gasteiger partial charge in [0, 0.05) is 25.2 Å². The SMILES string of the molecule is CCCn1c(SCC(=O)N(C)Cc2ccc(Cl)cc2)nc2ccccc2c1=O. The van der Waals surface area contributed by atoms with Crippen LogP contribution in [0.3, 0.4) is 0 Å². The van der Waals surface area contributed by atoms with Gasteiger partial charge in [0.25, 0.3) is 5.56 Å². The van der Waals surface area contributed by atoms with E-state index in [-0.39, 0.29) is 17.2 Å². The van der Waals surface area contributed by atoms with Crippen molar-refractivity contribution in [2.24, 2.45) is 0 Å². The van der Waals surface area contributed by atoms with Gasteiger partial charge in [-0.25, -0.2) is 4.98 Å². The van der Waals surface area contributed by atoms with E-state index in [9.17, 15) is 9.59 Å². The molecule has 0 saturated heterocycles. The third-order valence-corrected chi connectivity index (χ3v) is 5.57. The lowest BCUT2D eigenvalue weighted by molar-refractivity contribution is -0.127. The van der Waals surface area contributed by atoms with Gasteiger partial charge >= 0.3 is 0 Å². The maximum absolute atomic E-state index is 12.8. The Morgan fingerprint density at radius 2 is 1.89 bits per heavy atom. The lowest BCUT2D eigenvalue weighted by atomic mass is 10.2. The second kappa shape index (κ2) is 9.26. The zero-order valence-electron chi connectivity index (χ0n) is 15.9. The third-order valence-electron chi connectivity index (χ3n) is 4.36. The van der Waals surface area contributed by atoms with Crippen LogP contribution in [0.15, 0.2) is 58.5 Å². The molecule has 0 unspecified atom stereocenters. The van der Waals surface area contributed by atoms with Crippen LogP contribution in [-0.4, -0.2) is 33.2 Å². The Hall–Kier alpha value is -2.31. The molecule has 0 aliphatic rings. The summed E-state index contributed by atoms with van der Waals surface area (Å²) >= 11 is 7.21. The predicted octanol–water partition coefficient (Wildman–Crippen LogP) is 4.21. The number of rotatable bonds is 7. The monoisotopic (exact) mass is 415 g/mol. The van der Waals surface area contributed by atoms with E-state index in [1.54, 1.807) is 22.6 Å². The largest absolute Gasteiger partial charge is 0.341 e. The fourth-order valence-electron chi connectivity index (χ4n) is 2.87. The first-order valence-electron chi connectivity index (χ1n) is 9.10. The van der Waals surface area contributed by atoms with Crippen molar-refractivity contribution >= 4 is 40.2 Å². The molecule has 0 fully saturated rings. The Balaban J connectivity index is 1.74. The van der Waals surface area contributed by atoms with E-state index in [0.29, 0.717) is 34.2 Å². The Bertz CT molecular complexity index is 1030. The molecule has 1 aromatic heterocycles. The Morgan fingerprint density at radius 1 is 1.18 bits per heavy atom. The summed E-state index contributed by atoms with van der Waals surface area (Å²) in [6.45, 7) is 3.10. The van der Waals surface area contributed by atoms with Gasteiger partial charge in [0.05, 0.1) is 16.7 Å². The molecule has 0 atom stereocenters. The topological polar surface area (TPSA) is 55.2 Å². The van der Waals surface area contributed by atoms with E-state index < -0.39 is 0 Å². The molecule has 3 rings (SSSR count). The summed E-state index contributed by atoms with van der Waals surface area (Å²) < 4.78 is 1.67. The minimum absolute atomic E-state index is 0.0228. The molecule has 0 spiro atoms. The maximum atomic E-state index is 12.8. The van der Waals surface area contributed by atoms with Crippen LogP contribution < -0.4 is 5.56 Å². The molecule has 3 aromatic rings. The fraction of sp³-hybridized carbons (Fsp3) is 0.286. The van der Waals surface area contributed by atoms with Crippen LogP contribution in [0.4, 0.5) is 0 Å². The number of halogens is 1. The van der Waals surface area contributed by atoms with Gasteiger partial charge in [-0.05, 0) is 36.2 Å². The maximum Gasteiger partial charge on any atom is 0.262 e. The Morgan fingerprint density at radius 3 is 2.61 bits per heavy atom. The quantitative estimate of drug-likeness (QED) is 0.428. The van der Waals surface area contributed by atoms with E-state index in [1.165, 1.54) is 11.8 Å². The highest BCUT2D eigenvalue weighted by Gasteiger charge is 2.15. The van der Waals surface area contributed by atoms with E-state index in [2.05, 4.69) is 4.98 Å². The van der Waals surface area contributed by atoms with Crippen LogP contribution in [0.1, 0.15) is 18.9 Å². The smallest absolute Gasteiger partial charge is 0.262 e. The summed E-state index contributed by atoms with van der Waals surface area (Å²) in [5.41, 5.74) is 1.61. The predicted molar refractivity (Wildman–Crippen MR) is 115 cm³/mol. The number of carbonyl (C=O) groups is 1. The van der Waals surface area contributed by atoms with Crippen molar-refractivity contribution in [1.82, 2.24) is 14.5 Å². The number of amides is 1. The summed E-state index contributed by atoms with van der Waals surface area (Å²) in [4.78, 5) is 31.6. The van der Waals surface area contributed by atoms with E-state index in [1.807, 2.05) is 49.4 Å². The van der Waals surface area contributed by atoms with Gasteiger partial charge in [-0.1, -0.05) is 54.6 Å². The molecule has 5 nitrogen and oxygen atoms in total. The molecule has 0 N–H and O–H groups in total. The molecule has 0 saturated carbocycles. The third kappa shape index (κ3) is 4.75. The number of hydrogen-bond donors (Lipinski definition) is 0. The van der Waals surface area contributed by atoms with Crippen LogP contribution in [0.2, 0.25) is 5.02 Å². The lowest BCUT2D eigenvalue weighted by Gasteiger charge is -2.18. The first kappa shape index (κ1) is 20.4. The van der Waals surface area contributed by atoms with E-state index in [0.717, 1.165) is 12.0 Å². The molecule has 0 radical (unpaired) electrons. The Kier molecular flexibility index (Phi) is 6.75. The van der Waals surface area contributed by atoms with Gasteiger partial charge in [0.15, 0.2) is 5.16 Å². The minimum Gasteiger partial charge on any atom is -0.341 e. The van der Waals surface area contributed by atoms with Crippen molar-refractivity contribution in [3.8, 4) is 0 Å². The van der Waals surface area contributed by atoms with E-state index in [4.69, 9.17) is 11.6 Å². The molecule has 0 bridgehead atoms. The number of aromatic nitrogens is 2. The summed E-state index contributed by atoms with van der Waals surface area (Å²) in [5, 5.41) is 1.86. The van der Waals surface area contributed by atoms with Crippen molar-refractivity contribution in [3.63, 3.8) is 0 Å². The molecule has 0 aliphatic carbocycles. The normalized spacial score (nSPS) is 11.0. The van der Waals surface area contributed by atoms with Crippen molar-refractivity contribution < 1.29 is 4.79 Å². The first-order valence-corrected chi connectivity index (χ1v) is 10.5. The number of nitrogens with zero attached hydrogens (tertiary/aromatic N) is 3. The average Bonchev–Trinajstić information content (AvgIpc) is 2.70. The fourth-order valence-corrected chi connectivity index (χ4v) is 3.96. The highest BCUT2D eigenvalue weighted by Crippen LogP contribution is 2.19. The average molecular weight is 416 g/mol. The van der Waals surface area contributed by atoms with Gasteiger partial charge < -0.3 is 4.90 Å². The Labute approximate surface area is 173 Å². The second-order valence-corrected chi connectivity index (χ2v) is 7.91. The van der Waals surface area contributed by atoms with E-state index >= 15 is 0 Å². The molecule has 7 heteroatoms. The van der Waals surface area contributed by atoms with Crippen LogP contribution in [-0.2, 0) is 17.9 Å². The van der Waals surface area contributed by atoms with Gasteiger partial charge in [-0.3, -0.25) is 14.2 Å². The summed E-state index contributed by atoms with van der Waals surface area (Å²) in [6, 6.07) is 14.7. The minimum atomic E-state index is -0.0584. The summed E-state index contributed by atoms with van der Waals surface area (Å²) in [7, 11) is 1.77. The van der Waals surface area contributed by atoms with Crippen LogP contribution in [0.25, 0.3) is 10.9 Å². The van der Waals surface area contributed by atoms with Crippen molar-refractivity contribution in [2.45, 2.75) is 31.6 Å². The van der Waals surface area contributed by atoms with Crippen LogP contribution in [0, 0.1) is 0 Å². The van der Waals surface area contributed by atoms with Gasteiger partial charge in [0.2, 0.25) is 5.91 Å². The number of carbonyl (C=O) groups excluding carboxylic acids is 1. The number of para-hydroxylation sites is 1. The molecule has 28 heavy (non-hydrogen) atoms. The zero-order chi connectivity index (χ0) is 20.1. The van der Waals surface area contributed by atoms with Crippen LogP contribution >= 0.6 is 23.4 Å². The molecule has 1 heterocycles. The molecular weight excluding hydrogens is 394 g/mol. The zero-order valence-corrected chi connectivity index (χ0v) is 17.5. The molecule has 0 aliphatic heterocycles. The second-order valence-electron chi connectivity index (χ2n) is 6.53. The van der Waals surface area contributed by atoms with Crippen molar-refractivity contribution in [2.75, 3.05) is 12.8 Å². The number of hydrogen-bond acceptors (Lipinski definition) is 4. The van der Waals surface area contributed by atoms with Crippen molar-refractivity contribution in [1.29, 1.82) is 0 Å². The van der Waals surface area contributed by atoms with Crippen molar-refractivity contribution in [3.05, 3.63) is 69.5 Å². The number of fused-ring (bicyclic) bond motifs is 1. The highest BCUT2D eigenvalue weighted by atomic mass is 35.5. The molecule has 2 aromatic carbocycles. The molecule has 1 amide bonds. The van der Waals surface area contributed by atoms with Crippen LogP contribution in [0.5, 0.6) is 0 Å². The first-order chi connectivity index (χ1) is 13.5.